The number of carbonyl (C=O) groups excluding carboxylic acids is 4. The molecule has 3 N–H and O–H groups in total. The molecule has 1 amide bonds. The molecule has 9 nitrogen and oxygen atoms in total. The van der Waals surface area contributed by atoms with Gasteiger partial charge in [0.2, 0.25) is 5.91 Å². The van der Waals surface area contributed by atoms with E-state index in [1.807, 2.05) is 48.5 Å². The quantitative estimate of drug-likeness (QED) is 0.309. The van der Waals surface area contributed by atoms with Gasteiger partial charge in [0.15, 0.2) is 0 Å². The van der Waals surface area contributed by atoms with Crippen molar-refractivity contribution in [2.75, 3.05) is 0 Å². The van der Waals surface area contributed by atoms with Crippen LogP contribution in [0.5, 0.6) is 0 Å². The van der Waals surface area contributed by atoms with Crippen LogP contribution in [0, 0.1) is 0 Å². The van der Waals surface area contributed by atoms with Gasteiger partial charge >= 0.3 is 17.9 Å². The number of carbonyl (C=O) groups is 4. The highest BCUT2D eigenvalue weighted by Crippen LogP contribution is 2.11. The van der Waals surface area contributed by atoms with E-state index < -0.39 is 41.5 Å². The van der Waals surface area contributed by atoms with Gasteiger partial charge in [-0.2, -0.15) is 0 Å². The summed E-state index contributed by atoms with van der Waals surface area (Å²) in [6.07, 6.45) is -0.187. The van der Waals surface area contributed by atoms with E-state index in [0.29, 0.717) is 0 Å². The monoisotopic (exact) mass is 512 g/mol. The molecule has 2 aromatic rings. The Bertz CT molecular complexity index is 1020. The summed E-state index contributed by atoms with van der Waals surface area (Å²) in [7, 11) is 0. The number of esters is 3. The van der Waals surface area contributed by atoms with Gasteiger partial charge in [0.05, 0.1) is 0 Å². The maximum absolute atomic E-state index is 12.8. The van der Waals surface area contributed by atoms with Crippen LogP contribution in [-0.2, 0) is 46.6 Å². The Hall–Kier alpha value is -3.72. The molecule has 9 heteroatoms. The van der Waals surface area contributed by atoms with E-state index in [9.17, 15) is 19.2 Å². The molecule has 2 rings (SSSR count). The zero-order valence-electron chi connectivity index (χ0n) is 21.6. The number of hydrogen-bond donors (Lipinski definition) is 2. The first-order valence-electron chi connectivity index (χ1n) is 12.2. The van der Waals surface area contributed by atoms with Crippen LogP contribution in [0.2, 0.25) is 0 Å². The van der Waals surface area contributed by atoms with Gasteiger partial charge in [-0.3, -0.25) is 14.4 Å². The van der Waals surface area contributed by atoms with Crippen LogP contribution < -0.4 is 11.1 Å². The van der Waals surface area contributed by atoms with Crippen LogP contribution in [0.1, 0.15) is 57.6 Å². The van der Waals surface area contributed by atoms with Crippen LogP contribution in [0.15, 0.2) is 60.7 Å². The first-order valence-corrected chi connectivity index (χ1v) is 12.2. The van der Waals surface area contributed by atoms with Gasteiger partial charge in [-0.05, 0) is 44.7 Å². The van der Waals surface area contributed by atoms with Crippen molar-refractivity contribution in [1.82, 2.24) is 5.32 Å². The fourth-order valence-corrected chi connectivity index (χ4v) is 3.20. The lowest BCUT2D eigenvalue weighted by atomic mass is 10.1. The van der Waals surface area contributed by atoms with Gasteiger partial charge in [-0.1, -0.05) is 60.7 Å². The summed E-state index contributed by atoms with van der Waals surface area (Å²) in [5.74, 6) is -2.30. The van der Waals surface area contributed by atoms with E-state index >= 15 is 0 Å². The molecule has 0 saturated carbocycles. The van der Waals surface area contributed by atoms with Crippen molar-refractivity contribution < 1.29 is 33.4 Å². The average molecular weight is 513 g/mol. The third kappa shape index (κ3) is 12.2. The Morgan fingerprint density at radius 1 is 0.784 bits per heavy atom. The molecule has 0 heterocycles. The molecule has 0 spiro atoms. The third-order valence-corrected chi connectivity index (χ3v) is 5.12. The summed E-state index contributed by atoms with van der Waals surface area (Å²) in [5, 5.41) is 2.60. The van der Waals surface area contributed by atoms with Crippen molar-refractivity contribution in [3.8, 4) is 0 Å². The molecule has 0 aliphatic carbocycles. The highest BCUT2D eigenvalue weighted by Gasteiger charge is 2.26. The van der Waals surface area contributed by atoms with E-state index in [0.717, 1.165) is 11.1 Å². The first-order chi connectivity index (χ1) is 17.5. The Kier molecular flexibility index (Phi) is 11.8. The Balaban J connectivity index is 1.91. The fraction of sp³-hybridized carbons (Fsp3) is 0.429. The zero-order valence-corrected chi connectivity index (χ0v) is 21.6. The normalized spacial score (nSPS) is 12.6. The number of ether oxygens (including phenoxy) is 3. The maximum atomic E-state index is 12.8. The maximum Gasteiger partial charge on any atom is 0.328 e. The van der Waals surface area contributed by atoms with Gasteiger partial charge in [-0.25, -0.2) is 4.79 Å². The molecule has 0 fully saturated rings. The molecule has 2 aromatic carbocycles. The summed E-state index contributed by atoms with van der Waals surface area (Å²) < 4.78 is 15.9. The second-order valence-corrected chi connectivity index (χ2v) is 9.58. The van der Waals surface area contributed by atoms with Gasteiger partial charge in [-0.15, -0.1) is 0 Å². The Morgan fingerprint density at radius 3 is 1.86 bits per heavy atom. The molecule has 200 valence electrons. The molecule has 0 aliphatic rings. The molecule has 0 bridgehead atoms. The predicted molar refractivity (Wildman–Crippen MR) is 137 cm³/mol. The highest BCUT2D eigenvalue weighted by atomic mass is 16.6. The Labute approximate surface area is 217 Å². The minimum Gasteiger partial charge on any atom is -0.461 e. The lowest BCUT2D eigenvalue weighted by molar-refractivity contribution is -0.157. The van der Waals surface area contributed by atoms with Crippen molar-refractivity contribution in [3.05, 3.63) is 71.8 Å². The summed E-state index contributed by atoms with van der Waals surface area (Å²) in [6.45, 7) is 5.30. The van der Waals surface area contributed by atoms with Gasteiger partial charge < -0.3 is 25.3 Å². The summed E-state index contributed by atoms with van der Waals surface area (Å²) in [4.78, 5) is 49.6. The van der Waals surface area contributed by atoms with Gasteiger partial charge in [0.25, 0.3) is 0 Å². The number of benzene rings is 2. The minimum atomic E-state index is -1.07. The molecular weight excluding hydrogens is 476 g/mol. The van der Waals surface area contributed by atoms with Gasteiger partial charge in [0.1, 0.15) is 30.9 Å². The lowest BCUT2D eigenvalue weighted by Crippen LogP contribution is -2.43. The summed E-state index contributed by atoms with van der Waals surface area (Å²) in [5.41, 5.74) is 6.77. The van der Waals surface area contributed by atoms with Crippen molar-refractivity contribution in [2.45, 2.75) is 77.4 Å². The van der Waals surface area contributed by atoms with Crippen molar-refractivity contribution in [1.29, 1.82) is 0 Å². The van der Waals surface area contributed by atoms with E-state index in [-0.39, 0.29) is 38.9 Å². The van der Waals surface area contributed by atoms with Crippen molar-refractivity contribution in [3.63, 3.8) is 0 Å². The molecule has 0 saturated heterocycles. The number of hydrogen-bond acceptors (Lipinski definition) is 8. The van der Waals surface area contributed by atoms with E-state index in [1.165, 1.54) is 0 Å². The summed E-state index contributed by atoms with van der Waals surface area (Å²) in [6, 6.07) is 16.2. The van der Waals surface area contributed by atoms with Crippen LogP contribution >= 0.6 is 0 Å². The number of nitrogens with one attached hydrogen (secondary N) is 1. The van der Waals surface area contributed by atoms with Crippen LogP contribution in [0.3, 0.4) is 0 Å². The molecule has 0 radical (unpaired) electrons. The number of amides is 1. The third-order valence-electron chi connectivity index (χ3n) is 5.12. The number of nitrogens with two attached hydrogens (primary N) is 1. The fourth-order valence-electron chi connectivity index (χ4n) is 3.20. The van der Waals surface area contributed by atoms with E-state index in [2.05, 4.69) is 5.32 Å². The van der Waals surface area contributed by atoms with Gasteiger partial charge in [0, 0.05) is 12.8 Å². The smallest absolute Gasteiger partial charge is 0.328 e. The predicted octanol–water partition coefficient (Wildman–Crippen LogP) is 3.19. The molecule has 37 heavy (non-hydrogen) atoms. The van der Waals surface area contributed by atoms with Crippen LogP contribution in [0.4, 0.5) is 0 Å². The molecular formula is C28H36N2O7. The van der Waals surface area contributed by atoms with Crippen molar-refractivity contribution >= 4 is 23.8 Å². The van der Waals surface area contributed by atoms with E-state index in [4.69, 9.17) is 19.9 Å². The van der Waals surface area contributed by atoms with Crippen molar-refractivity contribution in [2.24, 2.45) is 5.73 Å². The molecule has 0 aliphatic heterocycles. The van der Waals surface area contributed by atoms with E-state index in [1.54, 1.807) is 32.9 Å². The average Bonchev–Trinajstić information content (AvgIpc) is 2.87. The highest BCUT2D eigenvalue weighted by molar-refractivity contribution is 5.85. The number of rotatable bonds is 13. The Morgan fingerprint density at radius 2 is 1.32 bits per heavy atom. The molecule has 2 unspecified atom stereocenters. The standard InChI is InChI=1S/C28H36N2O7/c1-28(2,3)37-26(33)22(29)14-16-24(31)30-23(27(34)36-19-21-12-8-5-9-13-21)15-17-25(32)35-18-20-10-6-4-7-11-20/h4-13,22-23H,14-19,29H2,1-3H3,(H,30,31). The second-order valence-electron chi connectivity index (χ2n) is 9.58. The second kappa shape index (κ2) is 14.7. The SMILES string of the molecule is CC(C)(C)OC(=O)C(N)CCC(=O)NC(CCC(=O)OCc1ccccc1)C(=O)OCc1ccccc1. The summed E-state index contributed by atoms with van der Waals surface area (Å²) >= 11 is 0. The topological polar surface area (TPSA) is 134 Å². The zero-order chi connectivity index (χ0) is 27.3. The molecule has 2 atom stereocenters. The largest absolute Gasteiger partial charge is 0.461 e. The minimum absolute atomic E-state index is 0.00882. The van der Waals surface area contributed by atoms with Crippen LogP contribution in [-0.4, -0.2) is 41.5 Å². The van der Waals surface area contributed by atoms with Crippen LogP contribution in [0.25, 0.3) is 0 Å². The lowest BCUT2D eigenvalue weighted by Gasteiger charge is -2.22. The first kappa shape index (κ1) is 29.5. The molecule has 0 aromatic heterocycles.